The molecule has 0 aromatic rings. The third-order valence-corrected chi connectivity index (χ3v) is 3.49. The fourth-order valence-electron chi connectivity index (χ4n) is 2.43. The van der Waals surface area contributed by atoms with E-state index in [0.29, 0.717) is 0 Å². The molecule has 1 amide bonds. The smallest absolute Gasteiger partial charge is 0.407 e. The van der Waals surface area contributed by atoms with Gasteiger partial charge in [0.25, 0.3) is 0 Å². The number of carbonyl (C=O) groups is 3. The van der Waals surface area contributed by atoms with Crippen LogP contribution in [0.2, 0.25) is 0 Å². The molecule has 1 aliphatic rings. The number of rotatable bonds is 3. The topological polar surface area (TPSA) is 104 Å². The number of hydrogen-bond acceptors (Lipinski definition) is 4. The van der Waals surface area contributed by atoms with Crippen LogP contribution in [0.15, 0.2) is 0 Å². The molecule has 0 saturated carbocycles. The van der Waals surface area contributed by atoms with E-state index < -0.39 is 35.0 Å². The van der Waals surface area contributed by atoms with Crippen molar-refractivity contribution in [3.05, 3.63) is 0 Å². The number of hydrogen-bond donors (Lipinski definition) is 2. The predicted octanol–water partition coefficient (Wildman–Crippen LogP) is 1.42. The van der Waals surface area contributed by atoms with Crippen LogP contribution in [0.4, 0.5) is 4.79 Å². The quantitative estimate of drug-likeness (QED) is 0.761. The molecule has 0 bridgehead atoms. The van der Waals surface area contributed by atoms with Crippen LogP contribution < -0.4 is 0 Å². The van der Waals surface area contributed by atoms with Crippen molar-refractivity contribution in [1.29, 1.82) is 0 Å². The lowest BCUT2D eigenvalue weighted by Crippen LogP contribution is -2.42. The van der Waals surface area contributed by atoms with E-state index in [1.165, 1.54) is 0 Å². The van der Waals surface area contributed by atoms with E-state index in [4.69, 9.17) is 9.84 Å². The minimum atomic E-state index is -1.42. The molecular formula is C13H21NO6. The Kier molecular flexibility index (Phi) is 4.31. The summed E-state index contributed by atoms with van der Waals surface area (Å²) in [5.74, 6) is -2.25. The summed E-state index contributed by atoms with van der Waals surface area (Å²) in [6, 6.07) is 0. The van der Waals surface area contributed by atoms with Crippen LogP contribution in [0.5, 0.6) is 0 Å². The number of likely N-dealkylation sites (tertiary alicyclic amines) is 1. The first-order chi connectivity index (χ1) is 8.98. The molecule has 1 aliphatic heterocycles. The van der Waals surface area contributed by atoms with Gasteiger partial charge in [0.2, 0.25) is 0 Å². The second-order valence-electron chi connectivity index (χ2n) is 6.29. The predicted molar refractivity (Wildman–Crippen MR) is 69.3 cm³/mol. The van der Waals surface area contributed by atoms with Crippen LogP contribution in [0.3, 0.4) is 0 Å². The van der Waals surface area contributed by atoms with Gasteiger partial charge in [-0.2, -0.15) is 0 Å². The molecule has 0 radical (unpaired) electrons. The lowest BCUT2D eigenvalue weighted by atomic mass is 9.76. The molecule has 1 heterocycles. The summed E-state index contributed by atoms with van der Waals surface area (Å²) in [4.78, 5) is 35.5. The lowest BCUT2D eigenvalue weighted by Gasteiger charge is -2.28. The minimum Gasteiger partial charge on any atom is -0.481 e. The fraction of sp³-hybridized carbons (Fsp3) is 0.769. The maximum atomic E-state index is 11.9. The van der Waals surface area contributed by atoms with E-state index in [9.17, 15) is 19.5 Å². The maximum absolute atomic E-state index is 11.9. The Bertz CT molecular complexity index is 427. The van der Waals surface area contributed by atoms with Crippen molar-refractivity contribution in [3.8, 4) is 0 Å². The molecule has 1 fully saturated rings. The molecule has 0 aliphatic carbocycles. The van der Waals surface area contributed by atoms with Gasteiger partial charge in [0.05, 0.1) is 6.42 Å². The molecule has 7 heteroatoms. The van der Waals surface area contributed by atoms with E-state index in [-0.39, 0.29) is 19.5 Å². The molecule has 1 rings (SSSR count). The largest absolute Gasteiger partial charge is 0.481 e. The van der Waals surface area contributed by atoms with Crippen molar-refractivity contribution in [2.75, 3.05) is 13.1 Å². The van der Waals surface area contributed by atoms with E-state index in [1.54, 1.807) is 27.7 Å². The van der Waals surface area contributed by atoms with Crippen LogP contribution in [-0.4, -0.2) is 51.8 Å². The zero-order chi connectivity index (χ0) is 15.7. The van der Waals surface area contributed by atoms with Crippen molar-refractivity contribution in [3.63, 3.8) is 0 Å². The SMILES string of the molecule is C[C@H]1CN(C(=O)O)C[C@@]1(CC(=O)OC(C)(C)C)C(=O)O. The highest BCUT2D eigenvalue weighted by molar-refractivity contribution is 5.84. The van der Waals surface area contributed by atoms with E-state index >= 15 is 0 Å². The number of amides is 1. The molecule has 1 saturated heterocycles. The number of nitrogens with zero attached hydrogens (tertiary/aromatic N) is 1. The van der Waals surface area contributed by atoms with Gasteiger partial charge < -0.3 is 19.8 Å². The van der Waals surface area contributed by atoms with Crippen molar-refractivity contribution in [1.82, 2.24) is 4.90 Å². The fourth-order valence-corrected chi connectivity index (χ4v) is 2.43. The van der Waals surface area contributed by atoms with Gasteiger partial charge in [-0.15, -0.1) is 0 Å². The third kappa shape index (κ3) is 3.40. The van der Waals surface area contributed by atoms with Gasteiger partial charge >= 0.3 is 18.0 Å². The monoisotopic (exact) mass is 287 g/mol. The average molecular weight is 287 g/mol. The molecule has 20 heavy (non-hydrogen) atoms. The second-order valence-corrected chi connectivity index (χ2v) is 6.29. The third-order valence-electron chi connectivity index (χ3n) is 3.49. The molecule has 2 N–H and O–H groups in total. The van der Waals surface area contributed by atoms with Gasteiger partial charge in [0.15, 0.2) is 0 Å². The molecule has 2 atom stereocenters. The van der Waals surface area contributed by atoms with E-state index in [1.807, 2.05) is 0 Å². The van der Waals surface area contributed by atoms with Gasteiger partial charge in [-0.25, -0.2) is 4.79 Å². The van der Waals surface area contributed by atoms with Crippen molar-refractivity contribution < 1.29 is 29.3 Å². The number of ether oxygens (including phenoxy) is 1. The van der Waals surface area contributed by atoms with Crippen molar-refractivity contribution in [2.45, 2.75) is 39.7 Å². The number of carbonyl (C=O) groups excluding carboxylic acids is 1. The zero-order valence-electron chi connectivity index (χ0n) is 12.2. The van der Waals surface area contributed by atoms with Gasteiger partial charge in [-0.1, -0.05) is 6.92 Å². The van der Waals surface area contributed by atoms with Gasteiger partial charge in [0, 0.05) is 13.1 Å². The Hall–Kier alpha value is -1.79. The summed E-state index contributed by atoms with van der Waals surface area (Å²) in [6.45, 7) is 6.63. The van der Waals surface area contributed by atoms with Crippen LogP contribution in [0.25, 0.3) is 0 Å². The van der Waals surface area contributed by atoms with Gasteiger partial charge in [-0.3, -0.25) is 9.59 Å². The molecular weight excluding hydrogens is 266 g/mol. The molecule has 0 aromatic heterocycles. The minimum absolute atomic E-state index is 0.102. The molecule has 0 unspecified atom stereocenters. The summed E-state index contributed by atoms with van der Waals surface area (Å²) >= 11 is 0. The van der Waals surface area contributed by atoms with Crippen LogP contribution in [0, 0.1) is 11.3 Å². The highest BCUT2D eigenvalue weighted by atomic mass is 16.6. The van der Waals surface area contributed by atoms with Crippen molar-refractivity contribution in [2.24, 2.45) is 11.3 Å². The summed E-state index contributed by atoms with van der Waals surface area (Å²) < 4.78 is 5.15. The Morgan fingerprint density at radius 1 is 1.30 bits per heavy atom. The Labute approximate surface area is 117 Å². The molecule has 7 nitrogen and oxygen atoms in total. The summed E-state index contributed by atoms with van der Waals surface area (Å²) in [6.07, 6.45) is -1.51. The highest BCUT2D eigenvalue weighted by Crippen LogP contribution is 2.40. The summed E-state index contributed by atoms with van der Waals surface area (Å²) in [5, 5.41) is 18.4. The summed E-state index contributed by atoms with van der Waals surface area (Å²) in [7, 11) is 0. The number of aliphatic carboxylic acids is 1. The van der Waals surface area contributed by atoms with Gasteiger partial charge in [0.1, 0.15) is 11.0 Å². The summed E-state index contributed by atoms with van der Waals surface area (Å²) in [5.41, 5.74) is -2.12. The van der Waals surface area contributed by atoms with Crippen LogP contribution in [0.1, 0.15) is 34.1 Å². The number of esters is 1. The Morgan fingerprint density at radius 2 is 1.85 bits per heavy atom. The van der Waals surface area contributed by atoms with Crippen molar-refractivity contribution >= 4 is 18.0 Å². The Balaban J connectivity index is 2.92. The zero-order valence-corrected chi connectivity index (χ0v) is 12.2. The maximum Gasteiger partial charge on any atom is 0.407 e. The number of carboxylic acid groups (broad SMARTS) is 2. The van der Waals surface area contributed by atoms with Crippen LogP contribution >= 0.6 is 0 Å². The number of carboxylic acids is 1. The second kappa shape index (κ2) is 5.30. The lowest BCUT2D eigenvalue weighted by molar-refractivity contribution is -0.166. The first-order valence-corrected chi connectivity index (χ1v) is 6.41. The van der Waals surface area contributed by atoms with Gasteiger partial charge in [-0.05, 0) is 26.7 Å². The standard InChI is InChI=1S/C13H21NO6/c1-8-6-14(11(18)19)7-13(8,10(16)17)5-9(15)20-12(2,3)4/h8H,5-7H2,1-4H3,(H,16,17)(H,18,19)/t8-,13+/m0/s1. The van der Waals surface area contributed by atoms with Crippen LogP contribution in [-0.2, 0) is 14.3 Å². The Morgan fingerprint density at radius 3 is 2.20 bits per heavy atom. The van der Waals surface area contributed by atoms with E-state index in [2.05, 4.69) is 0 Å². The average Bonchev–Trinajstić information content (AvgIpc) is 2.54. The normalized spacial score (nSPS) is 26.4. The molecule has 114 valence electrons. The first kappa shape index (κ1) is 16.3. The van der Waals surface area contributed by atoms with E-state index in [0.717, 1.165) is 4.90 Å². The molecule has 0 spiro atoms. The molecule has 0 aromatic carbocycles. The first-order valence-electron chi connectivity index (χ1n) is 6.41. The highest BCUT2D eigenvalue weighted by Gasteiger charge is 2.53.